The van der Waals surface area contributed by atoms with Crippen LogP contribution in [0.1, 0.15) is 27.0 Å². The number of hydrogen-bond donors (Lipinski definition) is 2. The summed E-state index contributed by atoms with van der Waals surface area (Å²) in [7, 11) is 0. The summed E-state index contributed by atoms with van der Waals surface area (Å²) in [6, 6.07) is 5.68. The van der Waals surface area contributed by atoms with Crippen LogP contribution in [-0.2, 0) is 0 Å². The van der Waals surface area contributed by atoms with Crippen molar-refractivity contribution >= 4 is 17.3 Å². The molecule has 1 heterocycles. The average Bonchev–Trinajstić information content (AvgIpc) is 2.30. The van der Waals surface area contributed by atoms with E-state index < -0.39 is 0 Å². The van der Waals surface area contributed by atoms with Crippen LogP contribution < -0.4 is 11.1 Å². The highest BCUT2D eigenvalue weighted by Crippen LogP contribution is 2.20. The molecule has 0 saturated carbocycles. The van der Waals surface area contributed by atoms with Gasteiger partial charge in [-0.05, 0) is 38.0 Å². The Labute approximate surface area is 112 Å². The fourth-order valence-corrected chi connectivity index (χ4v) is 2.24. The first-order valence-corrected chi connectivity index (χ1v) is 6.07. The van der Waals surface area contributed by atoms with Gasteiger partial charge in [0.25, 0.3) is 5.91 Å². The summed E-state index contributed by atoms with van der Waals surface area (Å²) in [6.07, 6.45) is 3.12. The standard InChI is InChI=1S/C15H17N3O/c1-9-6-10(2)14(11(3)7-9)15(19)18-13-4-5-17-8-12(13)16/h4-8H,16H2,1-3H3,(H,17,18,19). The second-order valence-corrected chi connectivity index (χ2v) is 4.69. The summed E-state index contributed by atoms with van der Waals surface area (Å²) < 4.78 is 0. The first-order valence-electron chi connectivity index (χ1n) is 6.07. The fourth-order valence-electron chi connectivity index (χ4n) is 2.24. The Bertz CT molecular complexity index is 612. The van der Waals surface area contributed by atoms with Crippen molar-refractivity contribution in [2.45, 2.75) is 20.8 Å². The van der Waals surface area contributed by atoms with Gasteiger partial charge >= 0.3 is 0 Å². The van der Waals surface area contributed by atoms with Gasteiger partial charge in [-0.1, -0.05) is 17.7 Å². The van der Waals surface area contributed by atoms with E-state index in [1.165, 1.54) is 6.20 Å². The van der Waals surface area contributed by atoms with Gasteiger partial charge in [0.05, 0.1) is 17.6 Å². The molecule has 0 radical (unpaired) electrons. The molecule has 0 unspecified atom stereocenters. The van der Waals surface area contributed by atoms with Gasteiger partial charge in [-0.15, -0.1) is 0 Å². The van der Waals surface area contributed by atoms with Crippen molar-refractivity contribution in [2.24, 2.45) is 0 Å². The first kappa shape index (κ1) is 13.1. The summed E-state index contributed by atoms with van der Waals surface area (Å²) in [5.41, 5.74) is 10.6. The smallest absolute Gasteiger partial charge is 0.256 e. The molecule has 0 aliphatic rings. The number of nitrogens with zero attached hydrogens (tertiary/aromatic N) is 1. The highest BCUT2D eigenvalue weighted by atomic mass is 16.1. The van der Waals surface area contributed by atoms with E-state index in [4.69, 9.17) is 5.73 Å². The zero-order valence-electron chi connectivity index (χ0n) is 11.3. The average molecular weight is 255 g/mol. The van der Waals surface area contributed by atoms with Gasteiger partial charge in [0.15, 0.2) is 0 Å². The minimum atomic E-state index is -0.145. The summed E-state index contributed by atoms with van der Waals surface area (Å²) in [4.78, 5) is 16.2. The van der Waals surface area contributed by atoms with Crippen LogP contribution in [0, 0.1) is 20.8 Å². The molecule has 1 aromatic heterocycles. The van der Waals surface area contributed by atoms with E-state index in [0.29, 0.717) is 16.9 Å². The predicted molar refractivity (Wildman–Crippen MR) is 77.3 cm³/mol. The number of nitrogens with two attached hydrogens (primary N) is 1. The van der Waals surface area contributed by atoms with E-state index in [2.05, 4.69) is 10.3 Å². The normalized spacial score (nSPS) is 10.3. The molecule has 0 saturated heterocycles. The van der Waals surface area contributed by atoms with Gasteiger partial charge in [0, 0.05) is 11.8 Å². The van der Waals surface area contributed by atoms with E-state index in [9.17, 15) is 4.79 Å². The van der Waals surface area contributed by atoms with Crippen LogP contribution in [0.3, 0.4) is 0 Å². The molecule has 98 valence electrons. The van der Waals surface area contributed by atoms with Crippen molar-refractivity contribution in [3.05, 3.63) is 52.8 Å². The van der Waals surface area contributed by atoms with Crippen molar-refractivity contribution in [3.8, 4) is 0 Å². The molecule has 3 N–H and O–H groups in total. The van der Waals surface area contributed by atoms with Crippen LogP contribution in [0.5, 0.6) is 0 Å². The van der Waals surface area contributed by atoms with Crippen LogP contribution in [0.2, 0.25) is 0 Å². The number of pyridine rings is 1. The van der Waals surface area contributed by atoms with Gasteiger partial charge in [-0.3, -0.25) is 9.78 Å². The Morgan fingerprint density at radius 1 is 1.21 bits per heavy atom. The van der Waals surface area contributed by atoms with E-state index in [1.807, 2.05) is 32.9 Å². The molecule has 4 heteroatoms. The number of rotatable bonds is 2. The van der Waals surface area contributed by atoms with Crippen LogP contribution in [0.4, 0.5) is 11.4 Å². The first-order chi connectivity index (χ1) is 8.99. The Hall–Kier alpha value is -2.36. The number of nitrogens with one attached hydrogen (secondary N) is 1. The molecular formula is C15H17N3O. The van der Waals surface area contributed by atoms with Crippen molar-refractivity contribution < 1.29 is 4.79 Å². The minimum Gasteiger partial charge on any atom is -0.396 e. The lowest BCUT2D eigenvalue weighted by molar-refractivity contribution is 0.102. The third-order valence-electron chi connectivity index (χ3n) is 3.00. The molecule has 0 aliphatic heterocycles. The second kappa shape index (κ2) is 5.10. The second-order valence-electron chi connectivity index (χ2n) is 4.69. The zero-order chi connectivity index (χ0) is 14.0. The highest BCUT2D eigenvalue weighted by molar-refractivity contribution is 6.07. The lowest BCUT2D eigenvalue weighted by Crippen LogP contribution is -2.16. The quantitative estimate of drug-likeness (QED) is 0.867. The molecule has 1 aromatic carbocycles. The van der Waals surface area contributed by atoms with E-state index in [-0.39, 0.29) is 5.91 Å². The number of carbonyl (C=O) groups is 1. The van der Waals surface area contributed by atoms with Gasteiger partial charge in [-0.25, -0.2) is 0 Å². The molecule has 0 aliphatic carbocycles. The number of aryl methyl sites for hydroxylation is 3. The number of hydrogen-bond acceptors (Lipinski definition) is 3. The van der Waals surface area contributed by atoms with Gasteiger partial charge in [-0.2, -0.15) is 0 Å². The Balaban J connectivity index is 2.34. The summed E-state index contributed by atoms with van der Waals surface area (Å²) in [5, 5.41) is 2.82. The molecule has 4 nitrogen and oxygen atoms in total. The number of anilines is 2. The molecule has 1 amide bonds. The zero-order valence-corrected chi connectivity index (χ0v) is 11.3. The largest absolute Gasteiger partial charge is 0.396 e. The monoisotopic (exact) mass is 255 g/mol. The van der Waals surface area contributed by atoms with Crippen LogP contribution in [-0.4, -0.2) is 10.9 Å². The SMILES string of the molecule is Cc1cc(C)c(C(=O)Nc2ccncc2N)c(C)c1. The number of amides is 1. The Morgan fingerprint density at radius 3 is 2.42 bits per heavy atom. The number of benzene rings is 1. The summed E-state index contributed by atoms with van der Waals surface area (Å²) in [5.74, 6) is -0.145. The van der Waals surface area contributed by atoms with Crippen LogP contribution in [0.25, 0.3) is 0 Å². The van der Waals surface area contributed by atoms with E-state index in [0.717, 1.165) is 16.7 Å². The number of carbonyl (C=O) groups excluding carboxylic acids is 1. The Kier molecular flexibility index (Phi) is 3.51. The maximum absolute atomic E-state index is 12.3. The number of nitrogen functional groups attached to an aromatic ring is 1. The summed E-state index contributed by atoms with van der Waals surface area (Å²) >= 11 is 0. The molecular weight excluding hydrogens is 238 g/mol. The molecule has 19 heavy (non-hydrogen) atoms. The van der Waals surface area contributed by atoms with Crippen molar-refractivity contribution in [3.63, 3.8) is 0 Å². The van der Waals surface area contributed by atoms with Crippen LogP contribution in [0.15, 0.2) is 30.6 Å². The lowest BCUT2D eigenvalue weighted by atomic mass is 9.99. The predicted octanol–water partition coefficient (Wildman–Crippen LogP) is 2.84. The number of aromatic nitrogens is 1. The van der Waals surface area contributed by atoms with Gasteiger partial charge < -0.3 is 11.1 Å². The molecule has 2 aromatic rings. The molecule has 0 fully saturated rings. The van der Waals surface area contributed by atoms with Crippen molar-refractivity contribution in [1.82, 2.24) is 4.98 Å². The van der Waals surface area contributed by atoms with E-state index in [1.54, 1.807) is 12.3 Å². The maximum Gasteiger partial charge on any atom is 0.256 e. The lowest BCUT2D eigenvalue weighted by Gasteiger charge is -2.12. The maximum atomic E-state index is 12.3. The van der Waals surface area contributed by atoms with Gasteiger partial charge in [0.2, 0.25) is 0 Å². The van der Waals surface area contributed by atoms with Crippen LogP contribution >= 0.6 is 0 Å². The molecule has 2 rings (SSSR count). The molecule has 0 bridgehead atoms. The Morgan fingerprint density at radius 2 is 1.84 bits per heavy atom. The van der Waals surface area contributed by atoms with Gasteiger partial charge in [0.1, 0.15) is 0 Å². The fraction of sp³-hybridized carbons (Fsp3) is 0.200. The van der Waals surface area contributed by atoms with Crippen molar-refractivity contribution in [1.29, 1.82) is 0 Å². The minimum absolute atomic E-state index is 0.145. The van der Waals surface area contributed by atoms with E-state index >= 15 is 0 Å². The third-order valence-corrected chi connectivity index (χ3v) is 3.00. The third kappa shape index (κ3) is 2.73. The highest BCUT2D eigenvalue weighted by Gasteiger charge is 2.13. The topological polar surface area (TPSA) is 68.0 Å². The summed E-state index contributed by atoms with van der Waals surface area (Å²) in [6.45, 7) is 5.89. The molecule has 0 atom stereocenters. The van der Waals surface area contributed by atoms with Crippen molar-refractivity contribution in [2.75, 3.05) is 11.1 Å². The molecule has 0 spiro atoms.